The van der Waals surface area contributed by atoms with Crippen LogP contribution in [0.15, 0.2) is 61.0 Å². The molecule has 4 nitrogen and oxygen atoms in total. The molecule has 124 valence electrons. The summed E-state index contributed by atoms with van der Waals surface area (Å²) in [6, 6.07) is 8.48. The van der Waals surface area contributed by atoms with E-state index in [-0.39, 0.29) is 17.9 Å². The lowest BCUT2D eigenvalue weighted by atomic mass is 10.0. The van der Waals surface area contributed by atoms with E-state index in [2.05, 4.69) is 15.6 Å². The summed E-state index contributed by atoms with van der Waals surface area (Å²) < 4.78 is 19.8. The van der Waals surface area contributed by atoms with E-state index >= 15 is 0 Å². The Kier molecular flexibility index (Phi) is 4.79. The molecule has 1 unspecified atom stereocenters. The molecular weight excluding hydrogens is 305 g/mol. The zero-order valence-electron chi connectivity index (χ0n) is 13.7. The summed E-state index contributed by atoms with van der Waals surface area (Å²) in [7, 11) is 0. The largest absolute Gasteiger partial charge is 0.457 e. The fourth-order valence-electron chi connectivity index (χ4n) is 2.42. The second kappa shape index (κ2) is 7.17. The summed E-state index contributed by atoms with van der Waals surface area (Å²) in [5.41, 5.74) is 0.683. The molecule has 2 heterocycles. The van der Waals surface area contributed by atoms with Crippen LogP contribution in [0.3, 0.4) is 0 Å². The van der Waals surface area contributed by atoms with Crippen molar-refractivity contribution >= 4 is 5.82 Å². The van der Waals surface area contributed by atoms with Gasteiger partial charge in [0.05, 0.1) is 0 Å². The Morgan fingerprint density at radius 3 is 2.71 bits per heavy atom. The monoisotopic (exact) mass is 325 g/mol. The van der Waals surface area contributed by atoms with E-state index in [1.165, 1.54) is 6.07 Å². The Hall–Kier alpha value is -2.82. The number of aromatic nitrogens is 1. The molecule has 5 heteroatoms. The van der Waals surface area contributed by atoms with E-state index in [1.54, 1.807) is 30.5 Å². The van der Waals surface area contributed by atoms with Gasteiger partial charge in [0.15, 0.2) is 0 Å². The molecule has 3 rings (SSSR count). The second-order valence-electron chi connectivity index (χ2n) is 5.85. The zero-order chi connectivity index (χ0) is 16.9. The van der Waals surface area contributed by atoms with E-state index in [4.69, 9.17) is 4.74 Å². The van der Waals surface area contributed by atoms with Crippen molar-refractivity contribution in [3.63, 3.8) is 0 Å². The molecule has 0 saturated heterocycles. The highest BCUT2D eigenvalue weighted by atomic mass is 19.1. The fraction of sp³-hybridized carbons (Fsp3) is 0.211. The lowest BCUT2D eigenvalue weighted by molar-refractivity contribution is 0.474. The molecule has 1 aliphatic heterocycles. The van der Waals surface area contributed by atoms with E-state index in [1.807, 2.05) is 38.3 Å². The van der Waals surface area contributed by atoms with Crippen LogP contribution in [-0.4, -0.2) is 11.1 Å². The normalized spacial score (nSPS) is 16.1. The number of nitrogens with zero attached hydrogens (tertiary/aromatic N) is 1. The third-order valence-corrected chi connectivity index (χ3v) is 3.65. The maximum Gasteiger partial charge on any atom is 0.132 e. The minimum absolute atomic E-state index is 0.0273. The van der Waals surface area contributed by atoms with Gasteiger partial charge < -0.3 is 15.4 Å². The van der Waals surface area contributed by atoms with Gasteiger partial charge in [-0.1, -0.05) is 26.0 Å². The van der Waals surface area contributed by atoms with Gasteiger partial charge in [0.1, 0.15) is 29.3 Å². The van der Waals surface area contributed by atoms with Crippen molar-refractivity contribution in [3.05, 3.63) is 72.3 Å². The van der Waals surface area contributed by atoms with Crippen LogP contribution in [-0.2, 0) is 0 Å². The summed E-state index contributed by atoms with van der Waals surface area (Å²) in [4.78, 5) is 4.27. The van der Waals surface area contributed by atoms with Crippen LogP contribution in [0.4, 0.5) is 10.2 Å². The number of ether oxygens (including phenoxy) is 1. The van der Waals surface area contributed by atoms with Gasteiger partial charge in [-0.15, -0.1) is 0 Å². The Morgan fingerprint density at radius 2 is 2.00 bits per heavy atom. The van der Waals surface area contributed by atoms with Crippen LogP contribution in [0.5, 0.6) is 11.5 Å². The van der Waals surface area contributed by atoms with Crippen molar-refractivity contribution in [2.24, 2.45) is 0 Å². The molecule has 0 radical (unpaired) electrons. The number of dihydropyridines is 1. The molecule has 0 fully saturated rings. The van der Waals surface area contributed by atoms with Gasteiger partial charge in [-0.05, 0) is 42.0 Å². The molecular formula is C19H20FN3O. The molecule has 0 spiro atoms. The predicted molar refractivity (Wildman–Crippen MR) is 93.6 cm³/mol. The van der Waals surface area contributed by atoms with Crippen LogP contribution in [0.2, 0.25) is 0 Å². The highest BCUT2D eigenvalue weighted by molar-refractivity contribution is 5.44. The minimum atomic E-state index is -0.252. The average molecular weight is 325 g/mol. The fourth-order valence-corrected chi connectivity index (χ4v) is 2.42. The van der Waals surface area contributed by atoms with Crippen LogP contribution in [0, 0.1) is 5.82 Å². The number of nitrogens with one attached hydrogen (secondary N) is 2. The van der Waals surface area contributed by atoms with Crippen LogP contribution >= 0.6 is 0 Å². The molecule has 24 heavy (non-hydrogen) atoms. The quantitative estimate of drug-likeness (QED) is 0.847. The van der Waals surface area contributed by atoms with Crippen LogP contribution in [0.1, 0.15) is 25.3 Å². The topological polar surface area (TPSA) is 46.2 Å². The third-order valence-electron chi connectivity index (χ3n) is 3.65. The van der Waals surface area contributed by atoms with E-state index < -0.39 is 0 Å². The van der Waals surface area contributed by atoms with E-state index in [0.29, 0.717) is 22.9 Å². The summed E-state index contributed by atoms with van der Waals surface area (Å²) >= 11 is 0. The smallest absolute Gasteiger partial charge is 0.132 e. The lowest BCUT2D eigenvalue weighted by Crippen LogP contribution is -2.32. The van der Waals surface area contributed by atoms with Crippen molar-refractivity contribution in [1.82, 2.24) is 10.3 Å². The highest BCUT2D eigenvalue weighted by Gasteiger charge is 2.09. The maximum atomic E-state index is 14.1. The summed E-state index contributed by atoms with van der Waals surface area (Å²) in [6.45, 7) is 3.92. The van der Waals surface area contributed by atoms with Crippen LogP contribution < -0.4 is 15.4 Å². The number of anilines is 1. The lowest BCUT2D eigenvalue weighted by Gasteiger charge is -2.18. The minimum Gasteiger partial charge on any atom is -0.457 e. The molecule has 1 aliphatic rings. The first-order valence-electron chi connectivity index (χ1n) is 7.91. The number of rotatable bonds is 5. The molecule has 2 N–H and O–H groups in total. The first kappa shape index (κ1) is 16.1. The van der Waals surface area contributed by atoms with Gasteiger partial charge in [-0.25, -0.2) is 9.37 Å². The molecule has 0 bridgehead atoms. The molecule has 0 aliphatic carbocycles. The molecule has 1 aromatic heterocycles. The Bertz CT molecular complexity index is 771. The number of pyridine rings is 1. The first-order chi connectivity index (χ1) is 11.6. The number of hydrogen-bond acceptors (Lipinski definition) is 4. The number of benzene rings is 1. The van der Waals surface area contributed by atoms with Gasteiger partial charge in [0.2, 0.25) is 0 Å². The molecule has 1 aromatic carbocycles. The average Bonchev–Trinajstić information content (AvgIpc) is 2.56. The Morgan fingerprint density at radius 1 is 1.17 bits per heavy atom. The second-order valence-corrected chi connectivity index (χ2v) is 5.85. The number of hydrogen-bond donors (Lipinski definition) is 2. The maximum absolute atomic E-state index is 14.1. The number of allylic oxidation sites excluding steroid dienone is 2. The molecule has 0 saturated carbocycles. The third kappa shape index (κ3) is 3.93. The van der Waals surface area contributed by atoms with Crippen molar-refractivity contribution in [3.8, 4) is 11.5 Å². The summed E-state index contributed by atoms with van der Waals surface area (Å²) in [5.74, 6) is 1.62. The predicted octanol–water partition coefficient (Wildman–Crippen LogP) is 4.55. The Balaban J connectivity index is 1.71. The highest BCUT2D eigenvalue weighted by Crippen LogP contribution is 2.27. The van der Waals surface area contributed by atoms with Crippen molar-refractivity contribution in [1.29, 1.82) is 0 Å². The van der Waals surface area contributed by atoms with Gasteiger partial charge in [-0.3, -0.25) is 0 Å². The SMILES string of the molecule is CC(C)c1ccc(Oc2ccnc(NC3C=CC=CN3)c2)cc1F. The van der Waals surface area contributed by atoms with Crippen molar-refractivity contribution in [2.75, 3.05) is 5.32 Å². The standard InChI is InChI=1S/C19H20FN3O/c1-13(2)16-7-6-14(11-17(16)20)24-15-8-10-22-19(12-15)23-18-5-3-4-9-21-18/h3-13,18,21H,1-2H3,(H,22,23). The van der Waals surface area contributed by atoms with Crippen molar-refractivity contribution in [2.45, 2.75) is 25.9 Å². The van der Waals surface area contributed by atoms with Gasteiger partial charge in [0.25, 0.3) is 0 Å². The first-order valence-corrected chi connectivity index (χ1v) is 7.91. The van der Waals surface area contributed by atoms with Gasteiger partial charge in [-0.2, -0.15) is 0 Å². The van der Waals surface area contributed by atoms with Gasteiger partial charge >= 0.3 is 0 Å². The zero-order valence-corrected chi connectivity index (χ0v) is 13.7. The number of halogens is 1. The molecule has 1 atom stereocenters. The van der Waals surface area contributed by atoms with E-state index in [0.717, 1.165) is 0 Å². The molecule has 0 amide bonds. The van der Waals surface area contributed by atoms with E-state index in [9.17, 15) is 4.39 Å². The molecule has 2 aromatic rings. The van der Waals surface area contributed by atoms with Crippen LogP contribution in [0.25, 0.3) is 0 Å². The van der Waals surface area contributed by atoms with Gasteiger partial charge in [0, 0.05) is 18.3 Å². The summed E-state index contributed by atoms with van der Waals surface area (Å²) in [6.07, 6.45) is 9.33. The van der Waals surface area contributed by atoms with Crippen molar-refractivity contribution < 1.29 is 9.13 Å². The summed E-state index contributed by atoms with van der Waals surface area (Å²) in [5, 5.41) is 6.38. The Labute approximate surface area is 141 Å².